The Labute approximate surface area is 157 Å². The Bertz CT molecular complexity index is 683. The van der Waals surface area contributed by atoms with Gasteiger partial charge in [-0.3, -0.25) is 4.79 Å². The third kappa shape index (κ3) is 4.31. The van der Waals surface area contributed by atoms with Crippen LogP contribution in [0.1, 0.15) is 46.0 Å². The minimum absolute atomic E-state index is 0.156. The maximum absolute atomic E-state index is 12.2. The highest BCUT2D eigenvalue weighted by Crippen LogP contribution is 2.51. The van der Waals surface area contributed by atoms with E-state index < -0.39 is 36.2 Å². The van der Waals surface area contributed by atoms with Crippen LogP contribution in [0.5, 0.6) is 0 Å². The fourth-order valence-electron chi connectivity index (χ4n) is 4.33. The molecule has 0 aromatic rings. The first-order valence-electron chi connectivity index (χ1n) is 9.13. The summed E-state index contributed by atoms with van der Waals surface area (Å²) in [5.74, 6) is -2.39. The maximum atomic E-state index is 12.2. The van der Waals surface area contributed by atoms with Crippen molar-refractivity contribution in [3.8, 4) is 0 Å². The fraction of sp³-hybridized carbons (Fsp3) is 0.684. The van der Waals surface area contributed by atoms with Crippen LogP contribution < -0.4 is 0 Å². The molecule has 0 aromatic carbocycles. The van der Waals surface area contributed by atoms with Crippen LogP contribution in [-0.4, -0.2) is 48.3 Å². The first-order chi connectivity index (χ1) is 12.7. The Kier molecular flexibility index (Phi) is 5.26. The summed E-state index contributed by atoms with van der Waals surface area (Å²) in [4.78, 5) is 47.5. The van der Waals surface area contributed by atoms with Gasteiger partial charge in [0.1, 0.15) is 11.7 Å². The van der Waals surface area contributed by atoms with Crippen molar-refractivity contribution in [3.63, 3.8) is 0 Å². The van der Waals surface area contributed by atoms with Gasteiger partial charge < -0.3 is 18.9 Å². The van der Waals surface area contributed by atoms with Gasteiger partial charge in [0.15, 0.2) is 12.7 Å². The molecule has 8 heteroatoms. The van der Waals surface area contributed by atoms with Gasteiger partial charge in [-0.15, -0.1) is 0 Å². The van der Waals surface area contributed by atoms with Crippen LogP contribution in [0.4, 0.5) is 0 Å². The van der Waals surface area contributed by atoms with Crippen molar-refractivity contribution < 1.29 is 38.1 Å². The highest BCUT2D eigenvalue weighted by atomic mass is 16.6. The molecule has 2 aliphatic carbocycles. The number of fused-ring (bicyclic) bond motifs is 1. The molecule has 0 spiro atoms. The molecular weight excluding hydrogens is 356 g/mol. The van der Waals surface area contributed by atoms with Crippen molar-refractivity contribution >= 4 is 23.9 Å². The molecule has 27 heavy (non-hydrogen) atoms. The lowest BCUT2D eigenvalue weighted by Gasteiger charge is -2.45. The van der Waals surface area contributed by atoms with E-state index >= 15 is 0 Å². The molecule has 8 nitrogen and oxygen atoms in total. The van der Waals surface area contributed by atoms with Gasteiger partial charge in [0, 0.05) is 18.4 Å². The van der Waals surface area contributed by atoms with E-state index in [0.717, 1.165) is 12.8 Å². The third-order valence-corrected chi connectivity index (χ3v) is 5.34. The second-order valence-corrected chi connectivity index (χ2v) is 7.80. The molecule has 2 aliphatic heterocycles. The lowest BCUT2D eigenvalue weighted by molar-refractivity contribution is -0.184. The summed E-state index contributed by atoms with van der Waals surface area (Å²) in [5, 5.41) is 0. The molecule has 4 bridgehead atoms. The van der Waals surface area contributed by atoms with Crippen molar-refractivity contribution in [1.82, 2.24) is 0 Å². The first kappa shape index (κ1) is 19.4. The summed E-state index contributed by atoms with van der Waals surface area (Å²) < 4.78 is 20.9. The van der Waals surface area contributed by atoms with Crippen LogP contribution in [0.25, 0.3) is 0 Å². The number of carbonyl (C=O) groups excluding carboxylic acids is 4. The lowest BCUT2D eigenvalue weighted by atomic mass is 9.65. The average Bonchev–Trinajstić information content (AvgIpc) is 2.73. The van der Waals surface area contributed by atoms with Gasteiger partial charge >= 0.3 is 23.9 Å². The number of carbonyl (C=O) groups is 4. The van der Waals surface area contributed by atoms with Crippen molar-refractivity contribution in [3.05, 3.63) is 12.2 Å². The fourth-order valence-corrected chi connectivity index (χ4v) is 4.33. The number of rotatable bonds is 6. The standard InChI is InChI=1S/C19H24O8/c1-10(2)16(21)25-11(3)17(22)24-9-15(20)27-19-6-12-4-13(7-19)18(23)26-14(5-12)8-19/h11-14H,1,4-9H2,2-3H3. The van der Waals surface area contributed by atoms with Gasteiger partial charge in [-0.2, -0.15) is 0 Å². The Morgan fingerprint density at radius 3 is 2.70 bits per heavy atom. The molecule has 0 N–H and O–H groups in total. The average molecular weight is 380 g/mol. The van der Waals surface area contributed by atoms with E-state index in [1.165, 1.54) is 13.8 Å². The van der Waals surface area contributed by atoms with Crippen LogP contribution >= 0.6 is 0 Å². The summed E-state index contributed by atoms with van der Waals surface area (Å²) in [6.07, 6.45) is 1.83. The summed E-state index contributed by atoms with van der Waals surface area (Å²) in [6, 6.07) is 0. The van der Waals surface area contributed by atoms with Crippen LogP contribution in [0, 0.1) is 11.8 Å². The van der Waals surface area contributed by atoms with E-state index in [2.05, 4.69) is 6.58 Å². The molecule has 4 fully saturated rings. The zero-order valence-electron chi connectivity index (χ0n) is 15.5. The summed E-state index contributed by atoms with van der Waals surface area (Å²) in [6.45, 7) is 5.65. The van der Waals surface area contributed by atoms with E-state index in [1.807, 2.05) is 0 Å². The molecule has 4 rings (SSSR count). The predicted molar refractivity (Wildman–Crippen MR) is 90.1 cm³/mol. The molecule has 2 saturated carbocycles. The second kappa shape index (κ2) is 7.32. The van der Waals surface area contributed by atoms with Gasteiger partial charge in [-0.1, -0.05) is 6.58 Å². The quantitative estimate of drug-likeness (QED) is 0.387. The number of hydrogen-bond donors (Lipinski definition) is 0. The molecule has 0 radical (unpaired) electrons. The summed E-state index contributed by atoms with van der Waals surface area (Å²) in [5.41, 5.74) is -0.576. The van der Waals surface area contributed by atoms with Crippen LogP contribution in [-0.2, 0) is 38.1 Å². The lowest BCUT2D eigenvalue weighted by Crippen LogP contribution is -2.48. The third-order valence-electron chi connectivity index (χ3n) is 5.34. The van der Waals surface area contributed by atoms with E-state index in [4.69, 9.17) is 18.9 Å². The predicted octanol–water partition coefficient (Wildman–Crippen LogP) is 1.45. The van der Waals surface area contributed by atoms with Gasteiger partial charge in [0.25, 0.3) is 0 Å². The van der Waals surface area contributed by atoms with Crippen LogP contribution in [0.3, 0.4) is 0 Å². The molecule has 148 valence electrons. The topological polar surface area (TPSA) is 105 Å². The molecule has 2 saturated heterocycles. The molecule has 0 aromatic heterocycles. The summed E-state index contributed by atoms with van der Waals surface area (Å²) in [7, 11) is 0. The van der Waals surface area contributed by atoms with Crippen molar-refractivity contribution in [1.29, 1.82) is 0 Å². The SMILES string of the molecule is C=C(C)C(=O)OC(C)C(=O)OCC(=O)OC12CC3CC(C1)OC(=O)C(C3)C2. The van der Waals surface area contributed by atoms with Crippen molar-refractivity contribution in [2.24, 2.45) is 11.8 Å². The van der Waals surface area contributed by atoms with Gasteiger partial charge in [-0.05, 0) is 39.0 Å². The molecular formula is C19H24O8. The smallest absolute Gasteiger partial charge is 0.347 e. The van der Waals surface area contributed by atoms with E-state index in [9.17, 15) is 19.2 Å². The normalized spacial score (nSPS) is 32.1. The zero-order valence-corrected chi connectivity index (χ0v) is 15.5. The summed E-state index contributed by atoms with van der Waals surface area (Å²) >= 11 is 0. The van der Waals surface area contributed by atoms with Gasteiger partial charge in [0.05, 0.1) is 5.92 Å². The Morgan fingerprint density at radius 1 is 1.26 bits per heavy atom. The highest BCUT2D eigenvalue weighted by Gasteiger charge is 2.54. The van der Waals surface area contributed by atoms with Crippen molar-refractivity contribution in [2.45, 2.75) is 63.8 Å². The second-order valence-electron chi connectivity index (χ2n) is 7.80. The molecule has 5 atom stereocenters. The Morgan fingerprint density at radius 2 is 2.00 bits per heavy atom. The Hall–Kier alpha value is -2.38. The van der Waals surface area contributed by atoms with Gasteiger partial charge in [-0.25, -0.2) is 14.4 Å². The minimum Gasteiger partial charge on any atom is -0.462 e. The van der Waals surface area contributed by atoms with Crippen LogP contribution in [0.15, 0.2) is 12.2 Å². The number of hydrogen-bond acceptors (Lipinski definition) is 8. The maximum Gasteiger partial charge on any atom is 0.347 e. The number of ether oxygens (including phenoxy) is 4. The van der Waals surface area contributed by atoms with E-state index in [0.29, 0.717) is 25.2 Å². The van der Waals surface area contributed by atoms with E-state index in [1.54, 1.807) is 0 Å². The van der Waals surface area contributed by atoms with Gasteiger partial charge in [0.2, 0.25) is 0 Å². The molecule has 2 heterocycles. The van der Waals surface area contributed by atoms with Crippen LogP contribution in [0.2, 0.25) is 0 Å². The Balaban J connectivity index is 1.52. The van der Waals surface area contributed by atoms with E-state index in [-0.39, 0.29) is 23.6 Å². The molecule has 4 aliphatic rings. The number of esters is 4. The largest absolute Gasteiger partial charge is 0.462 e. The highest BCUT2D eigenvalue weighted by molar-refractivity contribution is 5.89. The minimum atomic E-state index is -1.16. The molecule has 0 amide bonds. The monoisotopic (exact) mass is 380 g/mol. The zero-order chi connectivity index (χ0) is 19.8. The first-order valence-corrected chi connectivity index (χ1v) is 9.13. The van der Waals surface area contributed by atoms with Crippen molar-refractivity contribution in [2.75, 3.05) is 6.61 Å². The molecule has 5 unspecified atom stereocenters.